The van der Waals surface area contributed by atoms with Crippen molar-refractivity contribution in [3.63, 3.8) is 0 Å². The van der Waals surface area contributed by atoms with Crippen molar-refractivity contribution in [2.75, 3.05) is 13.6 Å². The molecule has 1 aromatic carbocycles. The highest BCUT2D eigenvalue weighted by Gasteiger charge is 2.35. The molecule has 2 atom stereocenters. The van der Waals surface area contributed by atoms with Crippen molar-refractivity contribution in [1.29, 1.82) is 0 Å². The summed E-state index contributed by atoms with van der Waals surface area (Å²) in [6.45, 7) is 0.415. The van der Waals surface area contributed by atoms with Gasteiger partial charge in [0.05, 0.1) is 5.56 Å². The molecule has 0 bridgehead atoms. The van der Waals surface area contributed by atoms with Gasteiger partial charge in [0.15, 0.2) is 0 Å². The fraction of sp³-hybridized carbons (Fsp3) is 0.385. The number of carbonyl (C=O) groups is 2. The second kappa shape index (κ2) is 5.76. The van der Waals surface area contributed by atoms with Crippen LogP contribution in [-0.4, -0.2) is 47.6 Å². The Bertz CT molecular complexity index is 552. The lowest BCUT2D eigenvalue weighted by molar-refractivity contribution is -0.141. The lowest BCUT2D eigenvalue weighted by Crippen LogP contribution is -2.36. The van der Waals surface area contributed by atoms with Gasteiger partial charge < -0.3 is 10.4 Å². The van der Waals surface area contributed by atoms with Gasteiger partial charge in [-0.15, -0.1) is 0 Å². The van der Waals surface area contributed by atoms with Crippen LogP contribution in [0.15, 0.2) is 18.2 Å². The minimum atomic E-state index is -0.929. The van der Waals surface area contributed by atoms with Gasteiger partial charge in [-0.3, -0.25) is 14.5 Å². The summed E-state index contributed by atoms with van der Waals surface area (Å²) in [5.41, 5.74) is -0.101. The first-order chi connectivity index (χ1) is 9.38. The monoisotopic (exact) mass is 300 g/mol. The molecule has 2 N–H and O–H groups in total. The summed E-state index contributed by atoms with van der Waals surface area (Å²) < 4.78 is 13.6. The van der Waals surface area contributed by atoms with Gasteiger partial charge in [0, 0.05) is 17.6 Å². The third-order valence-electron chi connectivity index (χ3n) is 3.34. The number of carboxylic acid groups (broad SMARTS) is 1. The van der Waals surface area contributed by atoms with E-state index in [4.69, 9.17) is 16.7 Å². The minimum absolute atomic E-state index is 0.101. The maximum atomic E-state index is 13.6. The van der Waals surface area contributed by atoms with Crippen LogP contribution in [0.5, 0.6) is 0 Å². The van der Waals surface area contributed by atoms with E-state index in [1.54, 1.807) is 11.9 Å². The van der Waals surface area contributed by atoms with Gasteiger partial charge in [-0.05, 0) is 31.7 Å². The van der Waals surface area contributed by atoms with E-state index in [2.05, 4.69) is 5.32 Å². The molecule has 7 heteroatoms. The Kier molecular flexibility index (Phi) is 4.25. The summed E-state index contributed by atoms with van der Waals surface area (Å²) in [5, 5.41) is 11.9. The Labute approximate surface area is 120 Å². The molecule has 0 saturated carbocycles. The Morgan fingerprint density at radius 1 is 1.50 bits per heavy atom. The topological polar surface area (TPSA) is 69.6 Å². The van der Waals surface area contributed by atoms with Crippen molar-refractivity contribution in [1.82, 2.24) is 10.2 Å². The molecule has 1 aliphatic rings. The number of carbonyl (C=O) groups excluding carboxylic acids is 1. The molecule has 0 unspecified atom stereocenters. The normalized spacial score (nSPS) is 22.8. The number of nitrogens with zero attached hydrogens (tertiary/aromatic N) is 1. The molecule has 1 saturated heterocycles. The van der Waals surface area contributed by atoms with Gasteiger partial charge in [-0.25, -0.2) is 4.39 Å². The number of hydrogen-bond acceptors (Lipinski definition) is 3. The van der Waals surface area contributed by atoms with E-state index in [1.807, 2.05) is 0 Å². The average molecular weight is 301 g/mol. The maximum Gasteiger partial charge on any atom is 0.320 e. The molecule has 1 fully saturated rings. The smallest absolute Gasteiger partial charge is 0.320 e. The minimum Gasteiger partial charge on any atom is -0.480 e. The molecule has 20 heavy (non-hydrogen) atoms. The van der Waals surface area contributed by atoms with Gasteiger partial charge >= 0.3 is 5.97 Å². The fourth-order valence-electron chi connectivity index (χ4n) is 2.33. The first kappa shape index (κ1) is 14.7. The van der Waals surface area contributed by atoms with Crippen LogP contribution in [-0.2, 0) is 4.79 Å². The van der Waals surface area contributed by atoms with Gasteiger partial charge in [0.25, 0.3) is 5.91 Å². The molecule has 5 nitrogen and oxygen atoms in total. The van der Waals surface area contributed by atoms with Crippen molar-refractivity contribution < 1.29 is 19.1 Å². The number of amides is 1. The van der Waals surface area contributed by atoms with Crippen molar-refractivity contribution in [3.05, 3.63) is 34.6 Å². The number of aliphatic carboxylic acids is 1. The van der Waals surface area contributed by atoms with Crippen LogP contribution >= 0.6 is 11.6 Å². The first-order valence-electron chi connectivity index (χ1n) is 6.07. The SMILES string of the molecule is CN1C[C@@H](NC(=O)c2ccc(Cl)cc2F)C[C@H]1C(=O)O. The summed E-state index contributed by atoms with van der Waals surface area (Å²) in [4.78, 5) is 24.6. The second-order valence-corrected chi connectivity index (χ2v) is 5.26. The van der Waals surface area contributed by atoms with E-state index in [1.165, 1.54) is 12.1 Å². The zero-order valence-corrected chi connectivity index (χ0v) is 11.5. The van der Waals surface area contributed by atoms with Crippen LogP contribution in [0.3, 0.4) is 0 Å². The van der Waals surface area contributed by atoms with E-state index >= 15 is 0 Å². The third-order valence-corrected chi connectivity index (χ3v) is 3.58. The number of hydrogen-bond donors (Lipinski definition) is 2. The zero-order valence-electron chi connectivity index (χ0n) is 10.8. The van der Waals surface area contributed by atoms with E-state index in [0.717, 1.165) is 6.07 Å². The second-order valence-electron chi connectivity index (χ2n) is 4.82. The summed E-state index contributed by atoms with van der Waals surface area (Å²) in [6.07, 6.45) is 0.298. The standard InChI is InChI=1S/C13H14ClFN2O3/c1-17-6-8(5-11(17)13(19)20)16-12(18)9-3-2-7(14)4-10(9)15/h2-4,8,11H,5-6H2,1H3,(H,16,18)(H,19,20)/t8-,11-/m0/s1. The predicted octanol–water partition coefficient (Wildman–Crippen LogP) is 1.37. The Morgan fingerprint density at radius 2 is 2.20 bits per heavy atom. The van der Waals surface area contributed by atoms with Crippen molar-refractivity contribution in [2.45, 2.75) is 18.5 Å². The molecule has 1 aliphatic heterocycles. The largest absolute Gasteiger partial charge is 0.480 e. The van der Waals surface area contributed by atoms with Crippen LogP contribution in [0.4, 0.5) is 4.39 Å². The lowest BCUT2D eigenvalue weighted by atomic mass is 10.1. The molecule has 0 aliphatic carbocycles. The molecule has 108 valence electrons. The predicted molar refractivity (Wildman–Crippen MR) is 71.3 cm³/mol. The van der Waals surface area contributed by atoms with E-state index in [0.29, 0.717) is 13.0 Å². The third kappa shape index (κ3) is 3.08. The number of benzene rings is 1. The zero-order chi connectivity index (χ0) is 14.9. The highest BCUT2D eigenvalue weighted by atomic mass is 35.5. The van der Waals surface area contributed by atoms with Crippen molar-refractivity contribution in [2.24, 2.45) is 0 Å². The summed E-state index contributed by atoms with van der Waals surface area (Å²) in [5.74, 6) is -2.19. The van der Waals surface area contributed by atoms with Crippen molar-refractivity contribution in [3.8, 4) is 0 Å². The fourth-order valence-corrected chi connectivity index (χ4v) is 2.49. The molecule has 0 radical (unpaired) electrons. The van der Waals surface area contributed by atoms with Gasteiger partial charge in [-0.1, -0.05) is 11.6 Å². The first-order valence-corrected chi connectivity index (χ1v) is 6.45. The van der Waals surface area contributed by atoms with Gasteiger partial charge in [0.1, 0.15) is 11.9 Å². The summed E-state index contributed by atoms with van der Waals surface area (Å²) >= 11 is 5.62. The van der Waals surface area contributed by atoms with Gasteiger partial charge in [-0.2, -0.15) is 0 Å². The summed E-state index contributed by atoms with van der Waals surface area (Å²) in [7, 11) is 1.67. The lowest BCUT2D eigenvalue weighted by Gasteiger charge is -2.13. The van der Waals surface area contributed by atoms with Crippen LogP contribution < -0.4 is 5.32 Å². The number of likely N-dealkylation sites (tertiary alicyclic amines) is 1. The Balaban J connectivity index is 2.04. The summed E-state index contributed by atoms with van der Waals surface area (Å²) in [6, 6.07) is 2.86. The van der Waals surface area contributed by atoms with Crippen LogP contribution in [0.2, 0.25) is 5.02 Å². The molecule has 0 aromatic heterocycles. The van der Waals surface area contributed by atoms with Crippen molar-refractivity contribution >= 4 is 23.5 Å². The van der Waals surface area contributed by atoms with Gasteiger partial charge in [0.2, 0.25) is 0 Å². The number of likely N-dealkylation sites (N-methyl/N-ethyl adjacent to an activating group) is 1. The van der Waals surface area contributed by atoms with E-state index < -0.39 is 23.7 Å². The molecular weight excluding hydrogens is 287 g/mol. The average Bonchev–Trinajstić information content (AvgIpc) is 2.70. The number of carboxylic acids is 1. The Hall–Kier alpha value is -1.66. The van der Waals surface area contributed by atoms with E-state index in [9.17, 15) is 14.0 Å². The molecule has 2 rings (SSSR count). The Morgan fingerprint density at radius 3 is 2.75 bits per heavy atom. The molecule has 1 heterocycles. The van der Waals surface area contributed by atoms with E-state index in [-0.39, 0.29) is 16.6 Å². The van der Waals surface area contributed by atoms with Crippen LogP contribution in [0.25, 0.3) is 0 Å². The highest BCUT2D eigenvalue weighted by molar-refractivity contribution is 6.30. The highest BCUT2D eigenvalue weighted by Crippen LogP contribution is 2.18. The molecule has 0 spiro atoms. The maximum absolute atomic E-state index is 13.6. The number of halogens is 2. The molecular formula is C13H14ClFN2O3. The van der Waals surface area contributed by atoms with Crippen LogP contribution in [0.1, 0.15) is 16.8 Å². The number of rotatable bonds is 3. The van der Waals surface area contributed by atoms with Crippen LogP contribution in [0, 0.1) is 5.82 Å². The quantitative estimate of drug-likeness (QED) is 0.884. The molecule has 1 amide bonds. The molecule has 1 aromatic rings. The number of nitrogens with one attached hydrogen (secondary N) is 1.